The molecule has 4 aromatic rings. The highest BCUT2D eigenvalue weighted by Crippen LogP contribution is 2.33. The predicted molar refractivity (Wildman–Crippen MR) is 120 cm³/mol. The minimum absolute atomic E-state index is 0.0277. The molecule has 0 amide bonds. The van der Waals surface area contributed by atoms with Crippen LogP contribution in [0.1, 0.15) is 35.6 Å². The van der Waals surface area contributed by atoms with Crippen LogP contribution in [0.4, 0.5) is 0 Å². The maximum Gasteiger partial charge on any atom is 0.308 e. The predicted octanol–water partition coefficient (Wildman–Crippen LogP) is 4.23. The van der Waals surface area contributed by atoms with Crippen molar-refractivity contribution in [1.82, 2.24) is 20.0 Å². The Morgan fingerprint density at radius 1 is 1.13 bits per heavy atom. The molecule has 0 fully saturated rings. The third-order valence-corrected chi connectivity index (χ3v) is 6.33. The van der Waals surface area contributed by atoms with E-state index >= 15 is 0 Å². The van der Waals surface area contributed by atoms with E-state index in [0.717, 1.165) is 21.1 Å². The summed E-state index contributed by atoms with van der Waals surface area (Å²) >= 11 is 1.52. The molecule has 0 aliphatic rings. The first-order valence-electron chi connectivity index (χ1n) is 9.99. The van der Waals surface area contributed by atoms with E-state index in [0.29, 0.717) is 10.9 Å². The Labute approximate surface area is 183 Å². The molecule has 0 unspecified atom stereocenters. The fraction of sp³-hybridized carbons (Fsp3) is 0.261. The lowest BCUT2D eigenvalue weighted by molar-refractivity contribution is -0.148. The van der Waals surface area contributed by atoms with Crippen molar-refractivity contribution in [2.45, 2.75) is 39.8 Å². The molecule has 0 spiro atoms. The zero-order chi connectivity index (χ0) is 22.0. The van der Waals surface area contributed by atoms with E-state index in [9.17, 15) is 9.59 Å². The van der Waals surface area contributed by atoms with Gasteiger partial charge in [-0.05, 0) is 32.9 Å². The van der Waals surface area contributed by atoms with E-state index in [1.807, 2.05) is 45.0 Å². The lowest BCUT2D eigenvalue weighted by atomic mass is 10.2. The Morgan fingerprint density at radius 2 is 1.87 bits per heavy atom. The summed E-state index contributed by atoms with van der Waals surface area (Å²) in [6.07, 6.45) is -0.399. The summed E-state index contributed by atoms with van der Waals surface area (Å²) in [7, 11) is 0. The molecule has 1 atom stereocenters. The number of rotatable bonds is 6. The normalized spacial score (nSPS) is 12.1. The zero-order valence-corrected chi connectivity index (χ0v) is 18.3. The van der Waals surface area contributed by atoms with Crippen LogP contribution in [-0.2, 0) is 16.1 Å². The van der Waals surface area contributed by atoms with Gasteiger partial charge in [0.05, 0.1) is 28.9 Å². The quantitative estimate of drug-likeness (QED) is 0.422. The van der Waals surface area contributed by atoms with Crippen molar-refractivity contribution in [1.29, 1.82) is 0 Å². The van der Waals surface area contributed by atoms with Crippen LogP contribution in [0.2, 0.25) is 0 Å². The SMILES string of the molecule is Cc1ccc(-c2nc(C)c([C@H](C)OC(=O)CCn3nnc4ccccc4c3=O)s2)cc1. The number of hydrogen-bond acceptors (Lipinski definition) is 7. The van der Waals surface area contributed by atoms with Gasteiger partial charge in [0.25, 0.3) is 5.56 Å². The first-order valence-corrected chi connectivity index (χ1v) is 10.8. The van der Waals surface area contributed by atoms with Gasteiger partial charge in [-0.2, -0.15) is 0 Å². The van der Waals surface area contributed by atoms with E-state index in [-0.39, 0.29) is 18.5 Å². The van der Waals surface area contributed by atoms with Crippen LogP contribution in [0.15, 0.2) is 53.3 Å². The van der Waals surface area contributed by atoms with Crippen LogP contribution in [-0.4, -0.2) is 25.9 Å². The number of thiazole rings is 1. The van der Waals surface area contributed by atoms with Crippen molar-refractivity contribution in [3.63, 3.8) is 0 Å². The molecule has 0 aliphatic carbocycles. The third kappa shape index (κ3) is 4.54. The molecule has 2 heterocycles. The lowest BCUT2D eigenvalue weighted by Gasteiger charge is -2.12. The Morgan fingerprint density at radius 3 is 2.65 bits per heavy atom. The van der Waals surface area contributed by atoms with Gasteiger partial charge >= 0.3 is 5.97 Å². The van der Waals surface area contributed by atoms with Gasteiger partial charge < -0.3 is 4.74 Å². The minimum Gasteiger partial charge on any atom is -0.457 e. The van der Waals surface area contributed by atoms with Gasteiger partial charge in [-0.3, -0.25) is 9.59 Å². The standard InChI is InChI=1S/C23H22N4O3S/c1-14-8-10-17(11-9-14)22-24-15(2)21(31-22)16(3)30-20(28)12-13-27-23(29)18-6-4-5-7-19(18)25-26-27/h4-11,16H,12-13H2,1-3H3/t16-/m0/s1. The maximum atomic E-state index is 12.5. The molecule has 31 heavy (non-hydrogen) atoms. The molecule has 0 aliphatic heterocycles. The molecule has 2 aromatic heterocycles. The fourth-order valence-corrected chi connectivity index (χ4v) is 4.33. The second-order valence-electron chi connectivity index (χ2n) is 7.35. The van der Waals surface area contributed by atoms with Gasteiger partial charge in [0.15, 0.2) is 0 Å². The highest BCUT2D eigenvalue weighted by atomic mass is 32.1. The lowest BCUT2D eigenvalue weighted by Crippen LogP contribution is -2.26. The Kier molecular flexibility index (Phi) is 5.90. The van der Waals surface area contributed by atoms with E-state index < -0.39 is 12.1 Å². The van der Waals surface area contributed by atoms with Crippen LogP contribution in [0, 0.1) is 13.8 Å². The summed E-state index contributed by atoms with van der Waals surface area (Å²) in [6.45, 7) is 5.90. The summed E-state index contributed by atoms with van der Waals surface area (Å²) in [5.74, 6) is -0.404. The fourth-order valence-electron chi connectivity index (χ4n) is 3.28. The first-order chi connectivity index (χ1) is 14.9. The topological polar surface area (TPSA) is 87.0 Å². The van der Waals surface area contributed by atoms with Crippen LogP contribution in [0.5, 0.6) is 0 Å². The monoisotopic (exact) mass is 434 g/mol. The molecule has 0 radical (unpaired) electrons. The molecule has 0 saturated heterocycles. The molecule has 7 nitrogen and oxygen atoms in total. The van der Waals surface area contributed by atoms with Crippen molar-refractivity contribution in [2.75, 3.05) is 0 Å². The maximum absolute atomic E-state index is 12.5. The van der Waals surface area contributed by atoms with Crippen molar-refractivity contribution in [3.05, 3.63) is 75.0 Å². The Balaban J connectivity index is 1.42. The van der Waals surface area contributed by atoms with Gasteiger partial charge in [0.1, 0.15) is 16.6 Å². The number of ether oxygens (including phenoxy) is 1. The largest absolute Gasteiger partial charge is 0.457 e. The second kappa shape index (κ2) is 8.77. The Hall–Kier alpha value is -3.39. The molecule has 2 aromatic carbocycles. The van der Waals surface area contributed by atoms with E-state index in [4.69, 9.17) is 4.74 Å². The summed E-state index contributed by atoms with van der Waals surface area (Å²) in [5, 5.41) is 9.31. The minimum atomic E-state index is -0.427. The zero-order valence-electron chi connectivity index (χ0n) is 17.5. The molecular weight excluding hydrogens is 412 g/mol. The molecular formula is C23H22N4O3S. The van der Waals surface area contributed by atoms with Crippen molar-refractivity contribution >= 4 is 28.2 Å². The highest BCUT2D eigenvalue weighted by molar-refractivity contribution is 7.15. The molecule has 0 bridgehead atoms. The third-order valence-electron chi connectivity index (χ3n) is 4.97. The van der Waals surface area contributed by atoms with Crippen LogP contribution >= 0.6 is 11.3 Å². The number of benzene rings is 2. The highest BCUT2D eigenvalue weighted by Gasteiger charge is 2.19. The van der Waals surface area contributed by atoms with Crippen LogP contribution in [0.3, 0.4) is 0 Å². The summed E-state index contributed by atoms with van der Waals surface area (Å²) in [5.41, 5.74) is 3.34. The second-order valence-corrected chi connectivity index (χ2v) is 8.38. The number of fused-ring (bicyclic) bond motifs is 1. The number of carbonyl (C=O) groups is 1. The summed E-state index contributed by atoms with van der Waals surface area (Å²) < 4.78 is 6.80. The average Bonchev–Trinajstić information content (AvgIpc) is 3.15. The van der Waals surface area contributed by atoms with Crippen molar-refractivity contribution < 1.29 is 9.53 Å². The van der Waals surface area contributed by atoms with Gasteiger partial charge in [0, 0.05) is 5.56 Å². The molecule has 4 rings (SSSR count). The van der Waals surface area contributed by atoms with E-state index in [1.54, 1.807) is 24.3 Å². The summed E-state index contributed by atoms with van der Waals surface area (Å²) in [6, 6.07) is 15.2. The summed E-state index contributed by atoms with van der Waals surface area (Å²) in [4.78, 5) is 30.4. The number of hydrogen-bond donors (Lipinski definition) is 0. The first kappa shape index (κ1) is 20.9. The Bertz CT molecular complexity index is 1290. The van der Waals surface area contributed by atoms with Crippen molar-refractivity contribution in [2.24, 2.45) is 0 Å². The number of aromatic nitrogens is 4. The van der Waals surface area contributed by atoms with Gasteiger partial charge in [-0.1, -0.05) is 47.2 Å². The van der Waals surface area contributed by atoms with Gasteiger partial charge in [0.2, 0.25) is 0 Å². The molecule has 8 heteroatoms. The molecule has 158 valence electrons. The number of esters is 1. The van der Waals surface area contributed by atoms with Crippen molar-refractivity contribution in [3.8, 4) is 10.6 Å². The average molecular weight is 435 g/mol. The van der Waals surface area contributed by atoms with E-state index in [1.165, 1.54) is 21.6 Å². The van der Waals surface area contributed by atoms with Gasteiger partial charge in [-0.25, -0.2) is 9.67 Å². The number of carbonyl (C=O) groups excluding carboxylic acids is 1. The molecule has 0 N–H and O–H groups in total. The smallest absolute Gasteiger partial charge is 0.308 e. The van der Waals surface area contributed by atoms with Gasteiger partial charge in [-0.15, -0.1) is 16.4 Å². The van der Waals surface area contributed by atoms with Crippen LogP contribution < -0.4 is 5.56 Å². The van der Waals surface area contributed by atoms with E-state index in [2.05, 4.69) is 15.3 Å². The number of nitrogens with zero attached hydrogens (tertiary/aromatic N) is 4. The number of aryl methyl sites for hydroxylation is 3. The van der Waals surface area contributed by atoms with Crippen LogP contribution in [0.25, 0.3) is 21.5 Å². The molecule has 0 saturated carbocycles.